The summed E-state index contributed by atoms with van der Waals surface area (Å²) in [4.78, 5) is 5.87. The molecule has 0 spiro atoms. The fourth-order valence-corrected chi connectivity index (χ4v) is 3.72. The van der Waals surface area contributed by atoms with Crippen LogP contribution in [0.4, 0.5) is 0 Å². The summed E-state index contributed by atoms with van der Waals surface area (Å²) in [5.74, 6) is 0.899. The Morgan fingerprint density at radius 3 is 3.05 bits per heavy atom. The maximum atomic E-state index is 9.96. The minimum Gasteiger partial charge on any atom is -0.496 e. The predicted octanol–water partition coefficient (Wildman–Crippen LogP) is 3.11. The smallest absolute Gasteiger partial charge is 0.122 e. The molecule has 0 fully saturated rings. The van der Waals surface area contributed by atoms with Crippen LogP contribution in [-0.4, -0.2) is 17.2 Å². The van der Waals surface area contributed by atoms with Crippen molar-refractivity contribution in [1.82, 2.24) is 4.98 Å². The van der Waals surface area contributed by atoms with Gasteiger partial charge in [-0.15, -0.1) is 11.3 Å². The molecule has 0 amide bonds. The topological polar surface area (TPSA) is 42.4 Å². The summed E-state index contributed by atoms with van der Waals surface area (Å²) in [6.07, 6.45) is 3.35. The van der Waals surface area contributed by atoms with Crippen LogP contribution >= 0.6 is 11.3 Å². The summed E-state index contributed by atoms with van der Waals surface area (Å²) < 4.78 is 5.37. The van der Waals surface area contributed by atoms with Crippen molar-refractivity contribution in [2.24, 2.45) is 0 Å². The highest BCUT2D eigenvalue weighted by Crippen LogP contribution is 2.34. The third kappa shape index (κ3) is 2.51. The highest BCUT2D eigenvalue weighted by atomic mass is 32.1. The zero-order valence-electron chi connectivity index (χ0n) is 10.9. The van der Waals surface area contributed by atoms with Crippen molar-refractivity contribution in [2.75, 3.05) is 7.11 Å². The summed E-state index contributed by atoms with van der Waals surface area (Å²) in [6.45, 7) is 0. The standard InChI is InChI=1S/C15H17NO2S/c1-18-12-7-3-2-5-10(12)9-14-16-15-11(17)6-4-8-13(15)19-14/h2-3,5,7,11,17H,4,6,8-9H2,1H3. The monoisotopic (exact) mass is 275 g/mol. The third-order valence-corrected chi connectivity index (χ3v) is 4.63. The lowest BCUT2D eigenvalue weighted by Gasteiger charge is -2.14. The molecule has 0 saturated carbocycles. The Morgan fingerprint density at radius 2 is 2.26 bits per heavy atom. The Morgan fingerprint density at radius 1 is 1.42 bits per heavy atom. The molecule has 0 saturated heterocycles. The van der Waals surface area contributed by atoms with Crippen LogP contribution < -0.4 is 4.74 Å². The van der Waals surface area contributed by atoms with Crippen LogP contribution in [0.15, 0.2) is 24.3 Å². The quantitative estimate of drug-likeness (QED) is 0.936. The predicted molar refractivity (Wildman–Crippen MR) is 75.8 cm³/mol. The Bertz CT molecular complexity index is 579. The summed E-state index contributed by atoms with van der Waals surface area (Å²) >= 11 is 1.73. The number of hydrogen-bond acceptors (Lipinski definition) is 4. The van der Waals surface area contributed by atoms with E-state index in [1.54, 1.807) is 18.4 Å². The second kappa shape index (κ2) is 5.31. The molecule has 1 aliphatic rings. The molecule has 100 valence electrons. The van der Waals surface area contributed by atoms with Gasteiger partial charge in [0, 0.05) is 16.9 Å². The molecule has 1 aliphatic carbocycles. The summed E-state index contributed by atoms with van der Waals surface area (Å²) in [6, 6.07) is 8.02. The van der Waals surface area contributed by atoms with Gasteiger partial charge in [0.2, 0.25) is 0 Å². The molecular weight excluding hydrogens is 258 g/mol. The van der Waals surface area contributed by atoms with Crippen LogP contribution in [0, 0.1) is 0 Å². The van der Waals surface area contributed by atoms with Crippen molar-refractivity contribution in [3.05, 3.63) is 45.4 Å². The second-order valence-electron chi connectivity index (χ2n) is 4.81. The first-order valence-electron chi connectivity index (χ1n) is 6.56. The number of aliphatic hydroxyl groups excluding tert-OH is 1. The number of benzene rings is 1. The van der Waals surface area contributed by atoms with Gasteiger partial charge in [-0.1, -0.05) is 18.2 Å². The number of ether oxygens (including phenoxy) is 1. The Hall–Kier alpha value is -1.39. The van der Waals surface area contributed by atoms with Crippen LogP contribution in [0.5, 0.6) is 5.75 Å². The number of thiazole rings is 1. The lowest BCUT2D eigenvalue weighted by atomic mass is 10.0. The van der Waals surface area contributed by atoms with Crippen molar-refractivity contribution >= 4 is 11.3 Å². The lowest BCUT2D eigenvalue weighted by molar-refractivity contribution is 0.153. The molecule has 1 unspecified atom stereocenters. The van der Waals surface area contributed by atoms with Gasteiger partial charge in [-0.05, 0) is 25.3 Å². The largest absolute Gasteiger partial charge is 0.496 e. The van der Waals surface area contributed by atoms with Gasteiger partial charge in [-0.3, -0.25) is 0 Å². The number of methoxy groups -OCH3 is 1. The highest BCUT2D eigenvalue weighted by Gasteiger charge is 2.22. The molecule has 3 nitrogen and oxygen atoms in total. The van der Waals surface area contributed by atoms with Gasteiger partial charge in [-0.25, -0.2) is 4.98 Å². The molecule has 1 N–H and O–H groups in total. The van der Waals surface area contributed by atoms with E-state index in [0.29, 0.717) is 0 Å². The van der Waals surface area contributed by atoms with Crippen molar-refractivity contribution in [3.8, 4) is 5.75 Å². The maximum absolute atomic E-state index is 9.96. The molecule has 1 heterocycles. The van der Waals surface area contributed by atoms with Gasteiger partial charge in [-0.2, -0.15) is 0 Å². The third-order valence-electron chi connectivity index (χ3n) is 3.50. The minimum atomic E-state index is -0.369. The molecule has 2 aromatic rings. The van der Waals surface area contributed by atoms with E-state index < -0.39 is 0 Å². The second-order valence-corrected chi connectivity index (χ2v) is 5.98. The maximum Gasteiger partial charge on any atom is 0.122 e. The minimum absolute atomic E-state index is 0.369. The van der Waals surface area contributed by atoms with Gasteiger partial charge in [0.05, 0.1) is 23.9 Å². The molecule has 3 rings (SSSR count). The van der Waals surface area contributed by atoms with E-state index >= 15 is 0 Å². The fraction of sp³-hybridized carbons (Fsp3) is 0.400. The number of para-hydroxylation sites is 1. The van der Waals surface area contributed by atoms with E-state index in [2.05, 4.69) is 11.1 Å². The van der Waals surface area contributed by atoms with Crippen LogP contribution in [-0.2, 0) is 12.8 Å². The molecule has 0 aliphatic heterocycles. The Kier molecular flexibility index (Phi) is 3.53. The average molecular weight is 275 g/mol. The average Bonchev–Trinajstić information content (AvgIpc) is 2.83. The summed E-state index contributed by atoms with van der Waals surface area (Å²) in [5, 5.41) is 11.0. The SMILES string of the molecule is COc1ccccc1Cc1nc2c(s1)CCCC2O. The van der Waals surface area contributed by atoms with Gasteiger partial charge in [0.25, 0.3) is 0 Å². The van der Waals surface area contributed by atoms with Crippen LogP contribution in [0.2, 0.25) is 0 Å². The van der Waals surface area contributed by atoms with Crippen LogP contribution in [0.3, 0.4) is 0 Å². The number of aromatic nitrogens is 1. The van der Waals surface area contributed by atoms with E-state index in [1.165, 1.54) is 4.88 Å². The fourth-order valence-electron chi connectivity index (χ4n) is 2.53. The molecule has 4 heteroatoms. The normalized spacial score (nSPS) is 18.1. The molecule has 1 atom stereocenters. The molecular formula is C15H17NO2S. The van der Waals surface area contributed by atoms with E-state index in [9.17, 15) is 5.11 Å². The van der Waals surface area contributed by atoms with Gasteiger partial charge < -0.3 is 9.84 Å². The first-order chi connectivity index (χ1) is 9.28. The van der Waals surface area contributed by atoms with Gasteiger partial charge >= 0.3 is 0 Å². The van der Waals surface area contributed by atoms with Crippen molar-refractivity contribution in [1.29, 1.82) is 0 Å². The van der Waals surface area contributed by atoms with Crippen molar-refractivity contribution < 1.29 is 9.84 Å². The summed E-state index contributed by atoms with van der Waals surface area (Å²) in [7, 11) is 1.69. The van der Waals surface area contributed by atoms with Gasteiger partial charge in [0.1, 0.15) is 5.75 Å². The Balaban J connectivity index is 1.88. The van der Waals surface area contributed by atoms with E-state index in [0.717, 1.165) is 47.7 Å². The molecule has 0 bridgehead atoms. The van der Waals surface area contributed by atoms with E-state index in [-0.39, 0.29) is 6.10 Å². The van der Waals surface area contributed by atoms with Crippen LogP contribution in [0.1, 0.15) is 40.1 Å². The summed E-state index contributed by atoms with van der Waals surface area (Å²) in [5.41, 5.74) is 2.05. The number of aryl methyl sites for hydroxylation is 1. The number of aliphatic hydroxyl groups is 1. The zero-order valence-corrected chi connectivity index (χ0v) is 11.7. The zero-order chi connectivity index (χ0) is 13.2. The first kappa shape index (κ1) is 12.6. The number of fused-ring (bicyclic) bond motifs is 1. The van der Waals surface area contributed by atoms with Gasteiger partial charge in [0.15, 0.2) is 0 Å². The highest BCUT2D eigenvalue weighted by molar-refractivity contribution is 7.11. The lowest BCUT2D eigenvalue weighted by Crippen LogP contribution is -2.07. The van der Waals surface area contributed by atoms with Crippen molar-refractivity contribution in [3.63, 3.8) is 0 Å². The molecule has 19 heavy (non-hydrogen) atoms. The Labute approximate surface area is 116 Å². The molecule has 1 aromatic carbocycles. The van der Waals surface area contributed by atoms with E-state index in [4.69, 9.17) is 4.74 Å². The van der Waals surface area contributed by atoms with E-state index in [1.807, 2.05) is 18.2 Å². The molecule has 1 aromatic heterocycles. The number of hydrogen-bond donors (Lipinski definition) is 1. The molecule has 0 radical (unpaired) electrons. The van der Waals surface area contributed by atoms with Crippen molar-refractivity contribution in [2.45, 2.75) is 31.8 Å². The number of nitrogens with zero attached hydrogens (tertiary/aromatic N) is 1. The number of rotatable bonds is 3. The first-order valence-corrected chi connectivity index (χ1v) is 7.38. The van der Waals surface area contributed by atoms with Crippen LogP contribution in [0.25, 0.3) is 0 Å².